The lowest BCUT2D eigenvalue weighted by molar-refractivity contribution is -0.121. The Bertz CT molecular complexity index is 1310. The standard InChI is InChI=1S/C26H19NO4S/c1-30-22-15-18-9-3-2-8-17(18)14-19(22)26(29)31-16-25(28)27-20-10-4-6-12-23(20)32-24-13-7-5-11-21(24)27/h2-15H,16H2,1H3. The molecular weight excluding hydrogens is 422 g/mol. The number of carbonyl (C=O) groups is 2. The van der Waals surface area contributed by atoms with Gasteiger partial charge in [-0.2, -0.15) is 0 Å². The fourth-order valence-corrected chi connectivity index (χ4v) is 4.85. The van der Waals surface area contributed by atoms with E-state index in [2.05, 4.69) is 0 Å². The second kappa shape index (κ2) is 8.40. The fraction of sp³-hybridized carbons (Fsp3) is 0.0769. The molecule has 1 amide bonds. The van der Waals surface area contributed by atoms with Crippen molar-refractivity contribution in [1.29, 1.82) is 0 Å². The molecule has 0 unspecified atom stereocenters. The monoisotopic (exact) mass is 441 g/mol. The van der Waals surface area contributed by atoms with Crippen LogP contribution in [0.5, 0.6) is 5.75 Å². The van der Waals surface area contributed by atoms with Crippen LogP contribution in [0.4, 0.5) is 11.4 Å². The summed E-state index contributed by atoms with van der Waals surface area (Å²) in [5.74, 6) is -0.515. The average molecular weight is 442 g/mol. The van der Waals surface area contributed by atoms with Crippen molar-refractivity contribution >= 4 is 45.8 Å². The Morgan fingerprint density at radius 2 is 1.38 bits per heavy atom. The fourth-order valence-electron chi connectivity index (χ4n) is 3.79. The summed E-state index contributed by atoms with van der Waals surface area (Å²) < 4.78 is 10.8. The lowest BCUT2D eigenvalue weighted by Crippen LogP contribution is -2.32. The van der Waals surface area contributed by atoms with Gasteiger partial charge in [0.1, 0.15) is 11.3 Å². The Labute approximate surface area is 189 Å². The number of amides is 1. The van der Waals surface area contributed by atoms with Gasteiger partial charge in [0.15, 0.2) is 6.61 Å². The molecule has 32 heavy (non-hydrogen) atoms. The van der Waals surface area contributed by atoms with Gasteiger partial charge in [-0.05, 0) is 47.2 Å². The first-order valence-electron chi connectivity index (χ1n) is 10.1. The Hall–Kier alpha value is -3.77. The highest BCUT2D eigenvalue weighted by Crippen LogP contribution is 2.47. The lowest BCUT2D eigenvalue weighted by atomic mass is 10.1. The van der Waals surface area contributed by atoms with E-state index in [4.69, 9.17) is 9.47 Å². The number of methoxy groups -OCH3 is 1. The van der Waals surface area contributed by atoms with Gasteiger partial charge in [0.2, 0.25) is 0 Å². The van der Waals surface area contributed by atoms with E-state index in [-0.39, 0.29) is 18.1 Å². The van der Waals surface area contributed by atoms with E-state index >= 15 is 0 Å². The molecule has 5 rings (SSSR count). The van der Waals surface area contributed by atoms with Gasteiger partial charge in [-0.25, -0.2) is 4.79 Å². The predicted molar refractivity (Wildman–Crippen MR) is 125 cm³/mol. The molecule has 0 saturated carbocycles. The maximum atomic E-state index is 13.2. The molecule has 0 radical (unpaired) electrons. The molecule has 1 aliphatic rings. The maximum absolute atomic E-state index is 13.2. The van der Waals surface area contributed by atoms with Crippen molar-refractivity contribution in [3.63, 3.8) is 0 Å². The van der Waals surface area contributed by atoms with E-state index in [9.17, 15) is 9.59 Å². The molecule has 5 nitrogen and oxygen atoms in total. The van der Waals surface area contributed by atoms with Crippen LogP contribution in [0.2, 0.25) is 0 Å². The number of anilines is 2. The van der Waals surface area contributed by atoms with Crippen LogP contribution in [0.1, 0.15) is 10.4 Å². The molecule has 1 heterocycles. The number of nitrogens with zero attached hydrogens (tertiary/aromatic N) is 1. The quantitative estimate of drug-likeness (QED) is 0.373. The van der Waals surface area contributed by atoms with Gasteiger partial charge in [-0.3, -0.25) is 9.69 Å². The normalized spacial score (nSPS) is 12.1. The predicted octanol–water partition coefficient (Wildman–Crippen LogP) is 5.83. The zero-order valence-corrected chi connectivity index (χ0v) is 18.1. The molecule has 4 aromatic rings. The minimum absolute atomic E-state index is 0.286. The summed E-state index contributed by atoms with van der Waals surface area (Å²) in [5, 5.41) is 1.85. The van der Waals surface area contributed by atoms with Gasteiger partial charge >= 0.3 is 5.97 Å². The summed E-state index contributed by atoms with van der Waals surface area (Å²) in [4.78, 5) is 29.7. The topological polar surface area (TPSA) is 55.8 Å². The highest BCUT2D eigenvalue weighted by atomic mass is 32.2. The van der Waals surface area contributed by atoms with E-state index < -0.39 is 5.97 Å². The first kappa shape index (κ1) is 20.2. The SMILES string of the molecule is COc1cc2ccccc2cc1C(=O)OCC(=O)N1c2ccccc2Sc2ccccc21. The summed E-state index contributed by atoms with van der Waals surface area (Å²) in [5.41, 5.74) is 1.84. The minimum atomic E-state index is -0.603. The first-order chi connectivity index (χ1) is 15.7. The lowest BCUT2D eigenvalue weighted by Gasteiger charge is -2.30. The number of fused-ring (bicyclic) bond motifs is 3. The summed E-state index contributed by atoms with van der Waals surface area (Å²) in [6.07, 6.45) is 0. The molecule has 6 heteroatoms. The van der Waals surface area contributed by atoms with Crippen molar-refractivity contribution in [3.05, 3.63) is 90.5 Å². The number of esters is 1. The molecule has 1 aliphatic heterocycles. The van der Waals surface area contributed by atoms with E-state index in [1.807, 2.05) is 72.8 Å². The molecule has 0 aromatic heterocycles. The summed E-state index contributed by atoms with van der Waals surface area (Å²) in [6.45, 7) is -0.387. The molecular formula is C26H19NO4S. The van der Waals surface area contributed by atoms with E-state index in [1.165, 1.54) is 7.11 Å². The van der Waals surface area contributed by atoms with Crippen molar-refractivity contribution in [2.24, 2.45) is 0 Å². The van der Waals surface area contributed by atoms with Gasteiger partial charge < -0.3 is 9.47 Å². The van der Waals surface area contributed by atoms with Crippen LogP contribution in [0.3, 0.4) is 0 Å². The van der Waals surface area contributed by atoms with E-state index in [1.54, 1.807) is 28.8 Å². The third kappa shape index (κ3) is 3.59. The molecule has 0 saturated heterocycles. The van der Waals surface area contributed by atoms with E-state index in [0.29, 0.717) is 5.75 Å². The molecule has 0 fully saturated rings. The minimum Gasteiger partial charge on any atom is -0.496 e. The molecule has 0 aliphatic carbocycles. The molecule has 4 aromatic carbocycles. The van der Waals surface area contributed by atoms with Crippen LogP contribution < -0.4 is 9.64 Å². The van der Waals surface area contributed by atoms with E-state index in [0.717, 1.165) is 31.9 Å². The van der Waals surface area contributed by atoms with Gasteiger partial charge in [0.25, 0.3) is 5.91 Å². The van der Waals surface area contributed by atoms with Crippen molar-refractivity contribution in [1.82, 2.24) is 0 Å². The van der Waals surface area contributed by atoms with Gasteiger partial charge in [-0.15, -0.1) is 0 Å². The van der Waals surface area contributed by atoms with Crippen molar-refractivity contribution < 1.29 is 19.1 Å². The summed E-state index contributed by atoms with van der Waals surface area (Å²) in [7, 11) is 1.51. The maximum Gasteiger partial charge on any atom is 0.342 e. The Morgan fingerprint density at radius 3 is 2.00 bits per heavy atom. The van der Waals surface area contributed by atoms with Gasteiger partial charge in [-0.1, -0.05) is 60.3 Å². The molecule has 0 N–H and O–H groups in total. The Morgan fingerprint density at radius 1 is 0.812 bits per heavy atom. The second-order valence-corrected chi connectivity index (χ2v) is 8.33. The molecule has 0 bridgehead atoms. The van der Waals surface area contributed by atoms with Crippen LogP contribution in [0.15, 0.2) is 94.7 Å². The van der Waals surface area contributed by atoms with Crippen LogP contribution in [-0.4, -0.2) is 25.6 Å². The zero-order chi connectivity index (χ0) is 22.1. The number of hydrogen-bond acceptors (Lipinski definition) is 5. The van der Waals surface area contributed by atoms with Crippen LogP contribution in [-0.2, 0) is 9.53 Å². The second-order valence-electron chi connectivity index (χ2n) is 7.24. The van der Waals surface area contributed by atoms with Crippen LogP contribution in [0, 0.1) is 0 Å². The number of benzene rings is 4. The molecule has 0 atom stereocenters. The van der Waals surface area contributed by atoms with Crippen LogP contribution in [0.25, 0.3) is 10.8 Å². The third-order valence-corrected chi connectivity index (χ3v) is 6.43. The summed E-state index contributed by atoms with van der Waals surface area (Å²) >= 11 is 1.61. The first-order valence-corrected chi connectivity index (χ1v) is 10.9. The van der Waals surface area contributed by atoms with Crippen LogP contribution >= 0.6 is 11.8 Å². The number of hydrogen-bond donors (Lipinski definition) is 0. The number of ether oxygens (including phenoxy) is 2. The van der Waals surface area contributed by atoms with Crippen molar-refractivity contribution in [3.8, 4) is 5.75 Å². The number of para-hydroxylation sites is 2. The largest absolute Gasteiger partial charge is 0.496 e. The Balaban J connectivity index is 1.41. The average Bonchev–Trinajstić information content (AvgIpc) is 2.84. The highest BCUT2D eigenvalue weighted by Gasteiger charge is 2.28. The molecule has 0 spiro atoms. The molecule has 158 valence electrons. The number of rotatable bonds is 4. The Kier molecular flexibility index (Phi) is 5.29. The smallest absolute Gasteiger partial charge is 0.342 e. The van der Waals surface area contributed by atoms with Crippen molar-refractivity contribution in [2.75, 3.05) is 18.6 Å². The van der Waals surface area contributed by atoms with Gasteiger partial charge in [0.05, 0.1) is 18.5 Å². The summed E-state index contributed by atoms with van der Waals surface area (Å²) in [6, 6.07) is 26.6. The van der Waals surface area contributed by atoms with Gasteiger partial charge in [0, 0.05) is 9.79 Å². The van der Waals surface area contributed by atoms with Crippen molar-refractivity contribution in [2.45, 2.75) is 9.79 Å². The zero-order valence-electron chi connectivity index (χ0n) is 17.3. The third-order valence-electron chi connectivity index (χ3n) is 5.30. The highest BCUT2D eigenvalue weighted by molar-refractivity contribution is 7.99. The number of carbonyl (C=O) groups excluding carboxylic acids is 2.